The normalized spacial score (nSPS) is 28.7. The average Bonchev–Trinajstić information content (AvgIpc) is 2.75. The van der Waals surface area contributed by atoms with Crippen LogP contribution in [0.1, 0.15) is 38.5 Å². The van der Waals surface area contributed by atoms with Gasteiger partial charge in [0.15, 0.2) is 0 Å². The number of hydrogen-bond acceptors (Lipinski definition) is 2. The first kappa shape index (κ1) is 12.8. The highest BCUT2D eigenvalue weighted by Gasteiger charge is 2.26. The highest BCUT2D eigenvalue weighted by molar-refractivity contribution is 9.09. The number of halogens is 1. The molecule has 2 aliphatic rings. The average molecular weight is 290 g/mol. The fourth-order valence-corrected chi connectivity index (χ4v) is 3.36. The minimum absolute atomic E-state index is 0.875. The molecule has 0 aliphatic carbocycles. The van der Waals surface area contributed by atoms with Crippen molar-refractivity contribution in [2.75, 3.05) is 31.6 Å². The molecule has 2 saturated heterocycles. The zero-order valence-electron chi connectivity index (χ0n) is 10.2. The Kier molecular flexibility index (Phi) is 5.60. The van der Waals surface area contributed by atoms with Gasteiger partial charge in [0.2, 0.25) is 0 Å². The van der Waals surface area contributed by atoms with E-state index in [0.717, 1.165) is 30.5 Å². The zero-order chi connectivity index (χ0) is 11.2. The molecular formula is C13H24BrNO. The third-order valence-corrected chi connectivity index (χ3v) is 4.56. The summed E-state index contributed by atoms with van der Waals surface area (Å²) in [7, 11) is 0. The summed E-state index contributed by atoms with van der Waals surface area (Å²) in [6.07, 6.45) is 8.11. The van der Waals surface area contributed by atoms with Crippen LogP contribution < -0.4 is 0 Å². The van der Waals surface area contributed by atoms with Crippen molar-refractivity contribution in [2.45, 2.75) is 44.6 Å². The summed E-state index contributed by atoms with van der Waals surface area (Å²) in [6.45, 7) is 4.65. The van der Waals surface area contributed by atoms with Crippen LogP contribution in [-0.2, 0) is 4.74 Å². The summed E-state index contributed by atoms with van der Waals surface area (Å²) < 4.78 is 5.43. The molecule has 16 heavy (non-hydrogen) atoms. The molecule has 0 aromatic carbocycles. The Morgan fingerprint density at radius 1 is 1.19 bits per heavy atom. The van der Waals surface area contributed by atoms with Crippen molar-refractivity contribution < 1.29 is 4.74 Å². The monoisotopic (exact) mass is 289 g/mol. The van der Waals surface area contributed by atoms with Gasteiger partial charge in [-0.2, -0.15) is 0 Å². The first-order valence-electron chi connectivity index (χ1n) is 6.78. The van der Waals surface area contributed by atoms with E-state index in [2.05, 4.69) is 20.8 Å². The molecule has 0 bridgehead atoms. The topological polar surface area (TPSA) is 12.5 Å². The van der Waals surface area contributed by atoms with Gasteiger partial charge in [0, 0.05) is 31.1 Å². The second-order valence-corrected chi connectivity index (χ2v) is 5.97. The van der Waals surface area contributed by atoms with Crippen LogP contribution in [0.3, 0.4) is 0 Å². The Balaban J connectivity index is 1.73. The van der Waals surface area contributed by atoms with Crippen LogP contribution in [0.5, 0.6) is 0 Å². The van der Waals surface area contributed by atoms with Crippen molar-refractivity contribution in [3.05, 3.63) is 0 Å². The van der Waals surface area contributed by atoms with Gasteiger partial charge in [0.25, 0.3) is 0 Å². The molecule has 2 aliphatic heterocycles. The molecule has 0 aromatic rings. The van der Waals surface area contributed by atoms with Crippen molar-refractivity contribution in [1.29, 1.82) is 0 Å². The largest absolute Gasteiger partial charge is 0.381 e. The number of alkyl halides is 1. The van der Waals surface area contributed by atoms with Crippen LogP contribution in [0.4, 0.5) is 0 Å². The zero-order valence-corrected chi connectivity index (χ0v) is 11.8. The summed E-state index contributed by atoms with van der Waals surface area (Å²) >= 11 is 3.54. The first-order chi connectivity index (χ1) is 7.90. The Morgan fingerprint density at radius 3 is 2.75 bits per heavy atom. The van der Waals surface area contributed by atoms with Gasteiger partial charge in [-0.25, -0.2) is 0 Å². The van der Waals surface area contributed by atoms with Gasteiger partial charge in [-0.3, -0.25) is 0 Å². The molecule has 0 amide bonds. The molecule has 0 aromatic heterocycles. The Hall–Kier alpha value is 0.400. The maximum Gasteiger partial charge on any atom is 0.0469 e. The number of ether oxygens (including phenoxy) is 1. The lowest BCUT2D eigenvalue weighted by Gasteiger charge is -2.30. The Labute approximate surface area is 108 Å². The van der Waals surface area contributed by atoms with Gasteiger partial charge in [0.1, 0.15) is 0 Å². The lowest BCUT2D eigenvalue weighted by Crippen LogP contribution is -2.36. The van der Waals surface area contributed by atoms with Gasteiger partial charge in [0.05, 0.1) is 0 Å². The number of rotatable bonds is 5. The van der Waals surface area contributed by atoms with E-state index in [1.807, 2.05) is 0 Å². The molecule has 2 rings (SSSR count). The molecule has 0 spiro atoms. The quantitative estimate of drug-likeness (QED) is 0.722. The molecule has 2 fully saturated rings. The summed E-state index contributed by atoms with van der Waals surface area (Å²) in [4.78, 5) is 2.75. The van der Waals surface area contributed by atoms with Crippen LogP contribution in [-0.4, -0.2) is 42.6 Å². The van der Waals surface area contributed by atoms with E-state index in [0.29, 0.717) is 0 Å². The highest BCUT2D eigenvalue weighted by atomic mass is 79.9. The molecule has 2 nitrogen and oxygen atoms in total. The van der Waals surface area contributed by atoms with Crippen molar-refractivity contribution in [2.24, 2.45) is 5.92 Å². The van der Waals surface area contributed by atoms with Gasteiger partial charge in [-0.15, -0.1) is 0 Å². The van der Waals surface area contributed by atoms with E-state index < -0.39 is 0 Å². The van der Waals surface area contributed by atoms with E-state index in [1.165, 1.54) is 51.6 Å². The van der Waals surface area contributed by atoms with Gasteiger partial charge in [-0.05, 0) is 51.0 Å². The lowest BCUT2D eigenvalue weighted by molar-refractivity contribution is 0.0502. The Morgan fingerprint density at radius 2 is 2.00 bits per heavy atom. The van der Waals surface area contributed by atoms with Gasteiger partial charge in [-0.1, -0.05) is 15.9 Å². The van der Waals surface area contributed by atoms with E-state index >= 15 is 0 Å². The lowest BCUT2D eigenvalue weighted by atomic mass is 9.99. The molecule has 0 radical (unpaired) electrons. The van der Waals surface area contributed by atoms with E-state index in [4.69, 9.17) is 4.74 Å². The highest BCUT2D eigenvalue weighted by Crippen LogP contribution is 2.25. The summed E-state index contributed by atoms with van der Waals surface area (Å²) in [5.74, 6) is 0.901. The number of nitrogens with zero attached hydrogens (tertiary/aromatic N) is 1. The molecule has 94 valence electrons. The third-order valence-electron chi connectivity index (χ3n) is 4.00. The van der Waals surface area contributed by atoms with Crippen molar-refractivity contribution in [3.63, 3.8) is 0 Å². The predicted octanol–water partition coefficient (Wildman–Crippen LogP) is 3.05. The fourth-order valence-electron chi connectivity index (χ4n) is 3.04. The maximum atomic E-state index is 5.43. The van der Waals surface area contributed by atoms with Crippen molar-refractivity contribution >= 4 is 15.9 Å². The summed E-state index contributed by atoms with van der Waals surface area (Å²) in [5.41, 5.74) is 0. The number of hydrogen-bond donors (Lipinski definition) is 0. The molecule has 1 atom stereocenters. The molecular weight excluding hydrogens is 266 g/mol. The Bertz CT molecular complexity index is 194. The van der Waals surface area contributed by atoms with Crippen LogP contribution in [0.25, 0.3) is 0 Å². The summed E-state index contributed by atoms with van der Waals surface area (Å²) in [5, 5.41) is 1.16. The van der Waals surface area contributed by atoms with Crippen LogP contribution in [0.15, 0.2) is 0 Å². The fraction of sp³-hybridized carbons (Fsp3) is 1.00. The third kappa shape index (κ3) is 3.71. The standard InChI is InChI=1S/C13H24BrNO/c14-7-1-3-13-4-2-8-15(13)11-12-5-9-16-10-6-12/h12-13H,1-11H2. The number of likely N-dealkylation sites (tertiary alicyclic amines) is 1. The second-order valence-electron chi connectivity index (χ2n) is 5.18. The van der Waals surface area contributed by atoms with Crippen LogP contribution >= 0.6 is 15.9 Å². The smallest absolute Gasteiger partial charge is 0.0469 e. The molecule has 3 heteroatoms. The van der Waals surface area contributed by atoms with Crippen molar-refractivity contribution in [1.82, 2.24) is 4.90 Å². The molecule has 0 N–H and O–H groups in total. The minimum atomic E-state index is 0.875. The molecule has 1 unspecified atom stereocenters. The summed E-state index contributed by atoms with van der Waals surface area (Å²) in [6, 6.07) is 0.875. The van der Waals surface area contributed by atoms with Gasteiger partial charge >= 0.3 is 0 Å². The molecule has 0 saturated carbocycles. The van der Waals surface area contributed by atoms with E-state index in [-0.39, 0.29) is 0 Å². The molecule has 2 heterocycles. The predicted molar refractivity (Wildman–Crippen MR) is 71.2 cm³/mol. The van der Waals surface area contributed by atoms with E-state index in [1.54, 1.807) is 0 Å². The maximum absolute atomic E-state index is 5.43. The first-order valence-corrected chi connectivity index (χ1v) is 7.90. The van der Waals surface area contributed by atoms with Crippen LogP contribution in [0.2, 0.25) is 0 Å². The second kappa shape index (κ2) is 6.97. The van der Waals surface area contributed by atoms with E-state index in [9.17, 15) is 0 Å². The SMILES string of the molecule is BrCCCC1CCCN1CC1CCOCC1. The minimum Gasteiger partial charge on any atom is -0.381 e. The van der Waals surface area contributed by atoms with Gasteiger partial charge < -0.3 is 9.64 Å². The van der Waals surface area contributed by atoms with Crippen LogP contribution in [0, 0.1) is 5.92 Å². The van der Waals surface area contributed by atoms with Crippen molar-refractivity contribution in [3.8, 4) is 0 Å².